The van der Waals surface area contributed by atoms with Gasteiger partial charge in [-0.3, -0.25) is 19.2 Å². The van der Waals surface area contributed by atoms with Crippen molar-refractivity contribution >= 4 is 69.6 Å². The lowest BCUT2D eigenvalue weighted by Gasteiger charge is -2.05. The zero-order valence-corrected chi connectivity index (χ0v) is 22.5. The fourth-order valence-electron chi connectivity index (χ4n) is 3.47. The van der Waals surface area contributed by atoms with Crippen LogP contribution in [0.25, 0.3) is 22.2 Å². The van der Waals surface area contributed by atoms with Crippen LogP contribution >= 0.6 is 25.3 Å². The maximum Gasteiger partial charge on any atom is 0.304 e. The van der Waals surface area contributed by atoms with Crippen molar-refractivity contribution in [3.05, 3.63) is 48.2 Å². The molecule has 206 valence electrons. The van der Waals surface area contributed by atoms with E-state index in [0.717, 1.165) is 0 Å². The van der Waals surface area contributed by atoms with E-state index in [0.29, 0.717) is 40.3 Å². The minimum Gasteiger partial charge on any atom is -0.497 e. The predicted molar refractivity (Wildman–Crippen MR) is 144 cm³/mol. The molecule has 39 heavy (non-hydrogen) atoms. The second-order valence-corrected chi connectivity index (χ2v) is 8.83. The molecule has 0 amide bonds. The summed E-state index contributed by atoms with van der Waals surface area (Å²) in [4.78, 5) is 52.6. The maximum atomic E-state index is 11.4. The van der Waals surface area contributed by atoms with E-state index in [2.05, 4.69) is 35.2 Å². The smallest absolute Gasteiger partial charge is 0.304 e. The molecule has 2 aromatic heterocycles. The highest BCUT2D eigenvalue weighted by atomic mass is 32.1. The maximum absolute atomic E-state index is 11.4. The van der Waals surface area contributed by atoms with Crippen LogP contribution in [0.4, 0.5) is 0 Å². The summed E-state index contributed by atoms with van der Waals surface area (Å²) >= 11 is 7.37. The van der Waals surface area contributed by atoms with Gasteiger partial charge >= 0.3 is 11.9 Å². The van der Waals surface area contributed by atoms with E-state index in [-0.39, 0.29) is 11.8 Å². The van der Waals surface area contributed by atoms with Gasteiger partial charge in [0.1, 0.15) is 28.6 Å². The monoisotopic (exact) mass is 576 g/mol. The summed E-state index contributed by atoms with van der Waals surface area (Å²) in [6.07, 6.45) is -0.828. The number of methoxy groups -OCH3 is 1. The van der Waals surface area contributed by atoms with Crippen molar-refractivity contribution < 1.29 is 47.7 Å². The number of carboxylic acids is 2. The van der Waals surface area contributed by atoms with E-state index in [4.69, 9.17) is 28.5 Å². The Hall–Kier alpha value is -4.04. The Bertz CT molecular complexity index is 1510. The summed E-state index contributed by atoms with van der Waals surface area (Å²) in [6.45, 7) is 2.29. The van der Waals surface area contributed by atoms with Crippen LogP contribution < -0.4 is 9.47 Å². The number of oxazole rings is 2. The number of hydrogen-bond acceptors (Lipinski definition) is 10. The Balaban J connectivity index is 0.000000216. The second kappa shape index (κ2) is 13.2. The Morgan fingerprint density at radius 3 is 2.03 bits per heavy atom. The minimum absolute atomic E-state index is 0.0366. The predicted octanol–water partition coefficient (Wildman–Crippen LogP) is 4.09. The molecule has 14 heteroatoms. The number of carboxylic acid groups (broad SMARTS) is 2. The van der Waals surface area contributed by atoms with Gasteiger partial charge in [0.2, 0.25) is 11.8 Å². The number of benzene rings is 2. The third kappa shape index (κ3) is 7.51. The fourth-order valence-corrected chi connectivity index (χ4v) is 3.87. The number of fused-ring (bicyclic) bond motifs is 2. The van der Waals surface area contributed by atoms with E-state index in [1.165, 1.54) is 7.11 Å². The number of ether oxygens (including phenoxy) is 2. The first-order chi connectivity index (χ1) is 18.5. The number of nitrogens with zero attached hydrogens (tertiary/aromatic N) is 2. The van der Waals surface area contributed by atoms with Crippen molar-refractivity contribution in [2.24, 2.45) is 0 Å². The van der Waals surface area contributed by atoms with Gasteiger partial charge in [0.15, 0.2) is 27.1 Å². The molecule has 4 aromatic rings. The third-order valence-electron chi connectivity index (χ3n) is 5.26. The molecule has 2 N–H and O–H groups in total. The summed E-state index contributed by atoms with van der Waals surface area (Å²) in [6, 6.07) is 10.1. The summed E-state index contributed by atoms with van der Waals surface area (Å²) in [5, 5.41) is 16.4. The number of hydrogen-bond donors (Lipinski definition) is 4. The minimum atomic E-state index is -1.12. The van der Waals surface area contributed by atoms with Gasteiger partial charge in [-0.25, -0.2) is 9.97 Å². The number of carbonyl (C=O) groups excluding carboxylic acids is 2. The topological polar surface area (TPSA) is 179 Å². The highest BCUT2D eigenvalue weighted by Crippen LogP contribution is 2.31. The molecule has 0 spiro atoms. The van der Waals surface area contributed by atoms with Gasteiger partial charge < -0.3 is 28.5 Å². The van der Waals surface area contributed by atoms with Crippen LogP contribution in [-0.2, 0) is 19.2 Å². The van der Waals surface area contributed by atoms with E-state index in [1.54, 1.807) is 36.4 Å². The molecular formula is C25H24N2O10S2. The molecule has 0 saturated heterocycles. The number of aliphatic carboxylic acids is 2. The molecule has 0 fully saturated rings. The van der Waals surface area contributed by atoms with Crippen molar-refractivity contribution in [2.75, 3.05) is 13.7 Å². The number of aromatic nitrogens is 2. The highest BCUT2D eigenvalue weighted by molar-refractivity contribution is 7.97. The average Bonchev–Trinajstić information content (AvgIpc) is 3.50. The molecule has 0 aliphatic carbocycles. The molecule has 12 nitrogen and oxygen atoms in total. The molecule has 2 atom stereocenters. The van der Waals surface area contributed by atoms with Gasteiger partial charge in [0.25, 0.3) is 0 Å². The lowest BCUT2D eigenvalue weighted by molar-refractivity contribution is -0.139. The number of thiol groups is 2. The molecule has 2 heterocycles. The summed E-state index contributed by atoms with van der Waals surface area (Å²) < 4.78 is 21.3. The zero-order chi connectivity index (χ0) is 28.7. The van der Waals surface area contributed by atoms with E-state index in [1.807, 2.05) is 6.92 Å². The molecule has 0 aliphatic heterocycles. The van der Waals surface area contributed by atoms with Crippen LogP contribution in [0, 0.1) is 0 Å². The van der Waals surface area contributed by atoms with Crippen molar-refractivity contribution in [1.29, 1.82) is 0 Å². The second-order valence-electron chi connectivity index (χ2n) is 7.95. The van der Waals surface area contributed by atoms with Crippen molar-refractivity contribution in [3.63, 3.8) is 0 Å². The largest absolute Gasteiger partial charge is 0.497 e. The number of carbonyl (C=O) groups is 4. The molecule has 0 bridgehead atoms. The standard InChI is InChI=1S/C13H13NO5S.C12H11NO5S/c1-2-18-9-5-3-4-8-11(9)19-12(14-8)7(13(17)20)6-10(15)16;1-17-6-2-3-9-8(4-6)13-11(18-9)7(12(16)19)5-10(14)15/h3-5,7H,2,6H2,1H3,(H,15,16)(H,17,20);2-4,7H,5H2,1H3,(H,14,15)(H,16,19). The van der Waals surface area contributed by atoms with Gasteiger partial charge in [0, 0.05) is 6.07 Å². The van der Waals surface area contributed by atoms with Gasteiger partial charge in [-0.1, -0.05) is 6.07 Å². The lowest BCUT2D eigenvalue weighted by atomic mass is 10.1. The SMILES string of the molecule is CCOc1cccc2nc(C(CC(=O)O)C(=O)S)oc12.COc1ccc2oc(C(CC(=O)O)C(=O)S)nc2c1. The van der Waals surface area contributed by atoms with Gasteiger partial charge in [-0.15, -0.1) is 25.3 Å². The van der Waals surface area contributed by atoms with Crippen LogP contribution in [0.15, 0.2) is 45.2 Å². The first-order valence-corrected chi connectivity index (χ1v) is 12.3. The van der Waals surface area contributed by atoms with Gasteiger partial charge in [-0.05, 0) is 31.2 Å². The Morgan fingerprint density at radius 1 is 0.897 bits per heavy atom. The first-order valence-electron chi connectivity index (χ1n) is 11.4. The van der Waals surface area contributed by atoms with Crippen LogP contribution in [0.2, 0.25) is 0 Å². The Morgan fingerprint density at radius 2 is 1.49 bits per heavy atom. The molecule has 4 rings (SSSR count). The molecule has 0 radical (unpaired) electrons. The summed E-state index contributed by atoms with van der Waals surface area (Å²) in [7, 11) is 1.52. The first kappa shape index (κ1) is 29.5. The zero-order valence-electron chi connectivity index (χ0n) is 20.7. The van der Waals surface area contributed by atoms with Gasteiger partial charge in [-0.2, -0.15) is 0 Å². The molecular weight excluding hydrogens is 552 g/mol. The summed E-state index contributed by atoms with van der Waals surface area (Å²) in [5.41, 5.74) is 1.87. The summed E-state index contributed by atoms with van der Waals surface area (Å²) in [5.74, 6) is -3.07. The third-order valence-corrected chi connectivity index (χ3v) is 5.88. The van der Waals surface area contributed by atoms with Crippen LogP contribution in [0.5, 0.6) is 11.5 Å². The van der Waals surface area contributed by atoms with E-state index in [9.17, 15) is 19.2 Å². The number of para-hydroxylation sites is 1. The van der Waals surface area contributed by atoms with E-state index >= 15 is 0 Å². The van der Waals surface area contributed by atoms with Crippen LogP contribution in [0.3, 0.4) is 0 Å². The fraction of sp³-hybridized carbons (Fsp3) is 0.280. The molecule has 0 aliphatic rings. The molecule has 2 aromatic carbocycles. The Kier molecular flexibility index (Phi) is 9.95. The molecule has 2 unspecified atom stereocenters. The van der Waals surface area contributed by atoms with Crippen LogP contribution in [-0.4, -0.2) is 56.1 Å². The van der Waals surface area contributed by atoms with Gasteiger partial charge in [0.05, 0.1) is 26.6 Å². The van der Waals surface area contributed by atoms with Crippen LogP contribution in [0.1, 0.15) is 43.4 Å². The highest BCUT2D eigenvalue weighted by Gasteiger charge is 2.28. The van der Waals surface area contributed by atoms with Crippen molar-refractivity contribution in [1.82, 2.24) is 9.97 Å². The molecule has 0 saturated carbocycles. The quantitative estimate of drug-likeness (QED) is 0.188. The normalized spacial score (nSPS) is 12.3. The average molecular weight is 577 g/mol. The number of rotatable bonds is 11. The van der Waals surface area contributed by atoms with Crippen molar-refractivity contribution in [2.45, 2.75) is 31.6 Å². The Labute approximate surface area is 232 Å². The lowest BCUT2D eigenvalue weighted by Crippen LogP contribution is -2.12. The van der Waals surface area contributed by atoms with E-state index < -0.39 is 46.8 Å². The van der Waals surface area contributed by atoms with Crippen molar-refractivity contribution in [3.8, 4) is 11.5 Å².